The molecule has 122 valence electrons. The van der Waals surface area contributed by atoms with Crippen LogP contribution in [-0.2, 0) is 11.2 Å². The summed E-state index contributed by atoms with van der Waals surface area (Å²) in [5, 5.41) is 18.0. The van der Waals surface area contributed by atoms with Gasteiger partial charge in [0.15, 0.2) is 5.69 Å². The summed E-state index contributed by atoms with van der Waals surface area (Å²) in [6.07, 6.45) is 0.440. The van der Waals surface area contributed by atoms with Crippen LogP contribution in [0.5, 0.6) is 0 Å². The number of rotatable bonds is 7. The first-order chi connectivity index (χ1) is 11.0. The Balaban J connectivity index is 1.75. The molecule has 2 rings (SSSR count). The van der Waals surface area contributed by atoms with Gasteiger partial charge in [-0.2, -0.15) is 0 Å². The molecule has 0 aliphatic rings. The molecule has 3 N–H and O–H groups in total. The number of nitrogens with one attached hydrogen (secondary N) is 2. The second-order valence-corrected chi connectivity index (χ2v) is 6.54. The molecule has 0 radical (unpaired) electrons. The van der Waals surface area contributed by atoms with Crippen LogP contribution in [0.15, 0.2) is 22.9 Å². The molecule has 0 spiro atoms. The van der Waals surface area contributed by atoms with Gasteiger partial charge in [0.2, 0.25) is 5.91 Å². The Morgan fingerprint density at radius 3 is 2.74 bits per heavy atom. The molecule has 23 heavy (non-hydrogen) atoms. The van der Waals surface area contributed by atoms with Crippen molar-refractivity contribution in [3.05, 3.63) is 38.5 Å². The first-order valence-electron chi connectivity index (χ1n) is 6.77. The number of carbonyl (C=O) groups excluding carboxylic acids is 2. The first kappa shape index (κ1) is 17.1. The van der Waals surface area contributed by atoms with Gasteiger partial charge in [0.1, 0.15) is 6.04 Å². The average Bonchev–Trinajstić information content (AvgIpc) is 3.18. The van der Waals surface area contributed by atoms with Gasteiger partial charge in [-0.3, -0.25) is 9.59 Å². The number of nitrogens with zero attached hydrogens (tertiary/aromatic N) is 1. The smallest absolute Gasteiger partial charge is 0.355 e. The molecule has 0 aromatic carbocycles. The number of thiophene rings is 1. The average molecular weight is 353 g/mol. The fraction of sp³-hybridized carbons (Fsp3) is 0.286. The number of thiazole rings is 1. The zero-order chi connectivity index (χ0) is 16.8. The first-order valence-corrected chi connectivity index (χ1v) is 8.53. The molecule has 2 amide bonds. The van der Waals surface area contributed by atoms with E-state index in [4.69, 9.17) is 5.11 Å². The number of carboxylic acids is 1. The highest BCUT2D eigenvalue weighted by molar-refractivity contribution is 7.12. The molecule has 1 unspecified atom stereocenters. The maximum atomic E-state index is 11.9. The number of hydrogen-bond acceptors (Lipinski definition) is 6. The number of aromatic nitrogens is 1. The summed E-state index contributed by atoms with van der Waals surface area (Å²) in [5.74, 6) is -1.65. The normalized spacial score (nSPS) is 11.7. The summed E-state index contributed by atoms with van der Waals surface area (Å²) in [5.41, 5.74) is 0.00732. The SMILES string of the molecule is CC(NC(=O)c1cccs1)C(=O)NCCc1nc(C(=O)O)cs1. The molecule has 0 aliphatic heterocycles. The molecule has 0 fully saturated rings. The van der Waals surface area contributed by atoms with E-state index in [2.05, 4.69) is 15.6 Å². The van der Waals surface area contributed by atoms with Crippen LogP contribution in [0.1, 0.15) is 32.1 Å². The Morgan fingerprint density at radius 1 is 1.35 bits per heavy atom. The van der Waals surface area contributed by atoms with Crippen LogP contribution in [0.4, 0.5) is 0 Å². The molecule has 2 aromatic heterocycles. The lowest BCUT2D eigenvalue weighted by Crippen LogP contribution is -2.45. The molecular weight excluding hydrogens is 338 g/mol. The molecule has 2 aromatic rings. The van der Waals surface area contributed by atoms with Crippen LogP contribution in [0.2, 0.25) is 0 Å². The molecular formula is C14H15N3O4S2. The molecule has 0 saturated heterocycles. The van der Waals surface area contributed by atoms with Crippen molar-refractivity contribution >= 4 is 40.5 Å². The van der Waals surface area contributed by atoms with E-state index in [9.17, 15) is 14.4 Å². The highest BCUT2D eigenvalue weighted by Gasteiger charge is 2.17. The van der Waals surface area contributed by atoms with Crippen molar-refractivity contribution in [3.63, 3.8) is 0 Å². The third kappa shape index (κ3) is 4.86. The van der Waals surface area contributed by atoms with Crippen molar-refractivity contribution in [2.75, 3.05) is 6.54 Å². The van der Waals surface area contributed by atoms with Gasteiger partial charge in [-0.25, -0.2) is 9.78 Å². The number of hydrogen-bond donors (Lipinski definition) is 3. The van der Waals surface area contributed by atoms with Crippen LogP contribution >= 0.6 is 22.7 Å². The van der Waals surface area contributed by atoms with E-state index in [-0.39, 0.29) is 17.5 Å². The van der Waals surface area contributed by atoms with Gasteiger partial charge in [0.25, 0.3) is 5.91 Å². The van der Waals surface area contributed by atoms with E-state index in [0.29, 0.717) is 22.9 Å². The molecule has 0 saturated carbocycles. The monoisotopic (exact) mass is 353 g/mol. The van der Waals surface area contributed by atoms with Crippen LogP contribution < -0.4 is 10.6 Å². The predicted molar refractivity (Wildman–Crippen MR) is 87.0 cm³/mol. The van der Waals surface area contributed by atoms with Gasteiger partial charge >= 0.3 is 5.97 Å². The Morgan fingerprint density at radius 2 is 2.13 bits per heavy atom. The Labute approximate surface area is 140 Å². The van der Waals surface area contributed by atoms with E-state index >= 15 is 0 Å². The topological polar surface area (TPSA) is 108 Å². The number of carboxylic acid groups (broad SMARTS) is 1. The van der Waals surface area contributed by atoms with E-state index in [1.165, 1.54) is 28.1 Å². The minimum atomic E-state index is -1.07. The van der Waals surface area contributed by atoms with Gasteiger partial charge in [-0.05, 0) is 18.4 Å². The summed E-state index contributed by atoms with van der Waals surface area (Å²) in [6, 6.07) is 2.80. The minimum absolute atomic E-state index is 0.00732. The Hall–Kier alpha value is -2.26. The summed E-state index contributed by atoms with van der Waals surface area (Å²) in [7, 11) is 0. The lowest BCUT2D eigenvalue weighted by molar-refractivity contribution is -0.122. The van der Waals surface area contributed by atoms with Gasteiger partial charge < -0.3 is 15.7 Å². The number of aromatic carboxylic acids is 1. The molecule has 2 heterocycles. The fourth-order valence-electron chi connectivity index (χ4n) is 1.71. The second kappa shape index (κ2) is 7.84. The summed E-state index contributed by atoms with van der Waals surface area (Å²) >= 11 is 2.54. The second-order valence-electron chi connectivity index (χ2n) is 4.65. The van der Waals surface area contributed by atoms with E-state index in [1.54, 1.807) is 24.4 Å². The Bertz CT molecular complexity index is 697. The summed E-state index contributed by atoms with van der Waals surface area (Å²) in [4.78, 5) is 39.0. The maximum Gasteiger partial charge on any atom is 0.355 e. The molecule has 0 aliphatic carbocycles. The van der Waals surface area contributed by atoms with Crippen molar-refractivity contribution in [1.29, 1.82) is 0 Å². The third-order valence-electron chi connectivity index (χ3n) is 2.89. The van der Waals surface area contributed by atoms with Gasteiger partial charge in [-0.1, -0.05) is 6.07 Å². The molecule has 9 heteroatoms. The lowest BCUT2D eigenvalue weighted by Gasteiger charge is -2.13. The standard InChI is InChI=1S/C14H15N3O4S2/c1-8(16-13(19)10-3-2-6-22-10)12(18)15-5-4-11-17-9(7-23-11)14(20)21/h2-3,6-8H,4-5H2,1H3,(H,15,18)(H,16,19)(H,20,21). The maximum absolute atomic E-state index is 11.9. The number of amides is 2. The van der Waals surface area contributed by atoms with Gasteiger partial charge in [-0.15, -0.1) is 22.7 Å². The molecule has 0 bridgehead atoms. The Kier molecular flexibility index (Phi) is 5.83. The minimum Gasteiger partial charge on any atom is -0.476 e. The van der Waals surface area contributed by atoms with Crippen LogP contribution in [-0.4, -0.2) is 40.5 Å². The zero-order valence-electron chi connectivity index (χ0n) is 12.2. The van der Waals surface area contributed by atoms with Crippen LogP contribution in [0.25, 0.3) is 0 Å². The fourth-order valence-corrected chi connectivity index (χ4v) is 3.11. The van der Waals surface area contributed by atoms with Crippen LogP contribution in [0.3, 0.4) is 0 Å². The molecule has 7 nitrogen and oxygen atoms in total. The van der Waals surface area contributed by atoms with E-state index < -0.39 is 12.0 Å². The zero-order valence-corrected chi connectivity index (χ0v) is 13.9. The summed E-state index contributed by atoms with van der Waals surface area (Å²) in [6.45, 7) is 1.93. The van der Waals surface area contributed by atoms with Crippen molar-refractivity contribution < 1.29 is 19.5 Å². The quantitative estimate of drug-likeness (QED) is 0.697. The van der Waals surface area contributed by atoms with E-state index in [1.807, 2.05) is 0 Å². The van der Waals surface area contributed by atoms with Crippen molar-refractivity contribution in [2.24, 2.45) is 0 Å². The molecule has 1 atom stereocenters. The van der Waals surface area contributed by atoms with Crippen LogP contribution in [0, 0.1) is 0 Å². The third-order valence-corrected chi connectivity index (χ3v) is 4.67. The predicted octanol–water partition coefficient (Wildman–Crippen LogP) is 1.38. The number of carbonyl (C=O) groups is 3. The highest BCUT2D eigenvalue weighted by Crippen LogP contribution is 2.10. The van der Waals surface area contributed by atoms with Crippen molar-refractivity contribution in [3.8, 4) is 0 Å². The lowest BCUT2D eigenvalue weighted by atomic mass is 10.3. The van der Waals surface area contributed by atoms with Gasteiger partial charge in [0.05, 0.1) is 9.88 Å². The van der Waals surface area contributed by atoms with Crippen molar-refractivity contribution in [1.82, 2.24) is 15.6 Å². The van der Waals surface area contributed by atoms with E-state index in [0.717, 1.165) is 0 Å². The largest absolute Gasteiger partial charge is 0.476 e. The van der Waals surface area contributed by atoms with Crippen molar-refractivity contribution in [2.45, 2.75) is 19.4 Å². The highest BCUT2D eigenvalue weighted by atomic mass is 32.1. The summed E-state index contributed by atoms with van der Waals surface area (Å²) < 4.78 is 0. The van der Waals surface area contributed by atoms with Gasteiger partial charge in [0, 0.05) is 18.3 Å².